The van der Waals surface area contributed by atoms with Crippen molar-refractivity contribution in [3.8, 4) is 0 Å². The Kier molecular flexibility index (Phi) is 4.45. The highest BCUT2D eigenvalue weighted by molar-refractivity contribution is 7.89. The van der Waals surface area contributed by atoms with E-state index in [1.807, 2.05) is 0 Å². The fourth-order valence-electron chi connectivity index (χ4n) is 2.63. The third-order valence-corrected chi connectivity index (χ3v) is 5.90. The summed E-state index contributed by atoms with van der Waals surface area (Å²) in [5.41, 5.74) is 0. The molecular formula is C13H17Cl2NO2S. The molecule has 2 rings (SSSR count). The maximum atomic E-state index is 12.6. The second-order valence-corrected chi connectivity index (χ2v) is 8.09. The summed E-state index contributed by atoms with van der Waals surface area (Å²) in [6.45, 7) is 5.24. The number of sulfonamides is 1. The average Bonchev–Trinajstić information content (AvgIpc) is 2.26. The van der Waals surface area contributed by atoms with Gasteiger partial charge in [0.25, 0.3) is 0 Å². The van der Waals surface area contributed by atoms with Crippen molar-refractivity contribution in [1.29, 1.82) is 0 Å². The first-order valence-corrected chi connectivity index (χ1v) is 8.45. The molecule has 1 aliphatic heterocycles. The normalized spacial score (nSPS) is 25.5. The van der Waals surface area contributed by atoms with Gasteiger partial charge in [-0.05, 0) is 36.5 Å². The number of piperidine rings is 1. The predicted octanol–water partition coefficient (Wildman–Crippen LogP) is 3.66. The highest BCUT2D eigenvalue weighted by Gasteiger charge is 2.32. The van der Waals surface area contributed by atoms with Gasteiger partial charge in [0.15, 0.2) is 0 Å². The summed E-state index contributed by atoms with van der Waals surface area (Å²) >= 11 is 11.8. The maximum absolute atomic E-state index is 12.6. The lowest BCUT2D eigenvalue weighted by molar-refractivity contribution is 0.222. The van der Waals surface area contributed by atoms with Crippen LogP contribution in [0.25, 0.3) is 0 Å². The Morgan fingerprint density at radius 2 is 1.74 bits per heavy atom. The number of benzene rings is 1. The van der Waals surface area contributed by atoms with Gasteiger partial charge in [0, 0.05) is 18.1 Å². The molecule has 0 spiro atoms. The molecule has 0 saturated carbocycles. The number of nitrogens with zero attached hydrogens (tertiary/aromatic N) is 1. The van der Waals surface area contributed by atoms with E-state index in [0.717, 1.165) is 6.42 Å². The number of rotatable bonds is 2. The summed E-state index contributed by atoms with van der Waals surface area (Å²) in [5, 5.41) is 0.614. The molecule has 3 nitrogen and oxygen atoms in total. The molecule has 106 valence electrons. The first-order valence-electron chi connectivity index (χ1n) is 6.26. The molecule has 0 aliphatic carbocycles. The summed E-state index contributed by atoms with van der Waals surface area (Å²) in [5.74, 6) is 0.731. The highest BCUT2D eigenvalue weighted by Crippen LogP contribution is 2.31. The quantitative estimate of drug-likeness (QED) is 0.833. The van der Waals surface area contributed by atoms with Crippen molar-refractivity contribution >= 4 is 33.2 Å². The molecule has 6 heteroatoms. The SMILES string of the molecule is C[C@@H]1C[C@H](C)CN(S(=O)(=O)c2ccc(Cl)cc2Cl)C1. The molecule has 0 radical (unpaired) electrons. The molecule has 0 bridgehead atoms. The number of halogens is 2. The van der Waals surface area contributed by atoms with Gasteiger partial charge >= 0.3 is 0 Å². The first-order chi connectivity index (χ1) is 8.80. The van der Waals surface area contributed by atoms with Crippen molar-refractivity contribution in [3.63, 3.8) is 0 Å². The van der Waals surface area contributed by atoms with Crippen molar-refractivity contribution in [3.05, 3.63) is 28.2 Å². The van der Waals surface area contributed by atoms with Gasteiger partial charge in [0.05, 0.1) is 5.02 Å². The van der Waals surface area contributed by atoms with Gasteiger partial charge in [-0.3, -0.25) is 0 Å². The molecule has 1 aliphatic rings. The zero-order valence-corrected chi connectivity index (χ0v) is 13.3. The molecule has 1 aromatic rings. The third kappa shape index (κ3) is 3.24. The Labute approximate surface area is 124 Å². The van der Waals surface area contributed by atoms with Gasteiger partial charge in [-0.1, -0.05) is 37.0 Å². The lowest BCUT2D eigenvalue weighted by atomic mass is 9.94. The second-order valence-electron chi connectivity index (χ2n) is 5.34. The monoisotopic (exact) mass is 321 g/mol. The van der Waals surface area contributed by atoms with E-state index in [9.17, 15) is 8.42 Å². The Balaban J connectivity index is 2.36. The minimum Gasteiger partial charge on any atom is -0.207 e. The van der Waals surface area contributed by atoms with Crippen LogP contribution in [0.5, 0.6) is 0 Å². The van der Waals surface area contributed by atoms with Gasteiger partial charge in [-0.25, -0.2) is 8.42 Å². The lowest BCUT2D eigenvalue weighted by Gasteiger charge is -2.34. The topological polar surface area (TPSA) is 37.4 Å². The van der Waals surface area contributed by atoms with Gasteiger partial charge < -0.3 is 0 Å². The van der Waals surface area contributed by atoms with Crippen LogP contribution in [-0.4, -0.2) is 25.8 Å². The van der Waals surface area contributed by atoms with E-state index in [4.69, 9.17) is 23.2 Å². The summed E-state index contributed by atoms with van der Waals surface area (Å²) in [7, 11) is -3.53. The van der Waals surface area contributed by atoms with Crippen LogP contribution in [0.2, 0.25) is 10.0 Å². The van der Waals surface area contributed by atoms with Crippen LogP contribution in [-0.2, 0) is 10.0 Å². The van der Waals surface area contributed by atoms with Crippen LogP contribution in [0, 0.1) is 11.8 Å². The minimum atomic E-state index is -3.53. The number of hydrogen-bond donors (Lipinski definition) is 0. The standard InChI is InChI=1S/C13H17Cl2NO2S/c1-9-5-10(2)8-16(7-9)19(17,18)13-4-3-11(14)6-12(13)15/h3-4,6,9-10H,5,7-8H2,1-2H3/t9-,10+. The summed E-state index contributed by atoms with van der Waals surface area (Å²) in [6, 6.07) is 4.49. The Hall–Kier alpha value is -0.290. The number of hydrogen-bond acceptors (Lipinski definition) is 2. The fraction of sp³-hybridized carbons (Fsp3) is 0.538. The van der Waals surface area contributed by atoms with Crippen LogP contribution in [0.4, 0.5) is 0 Å². The largest absolute Gasteiger partial charge is 0.244 e. The van der Waals surface area contributed by atoms with Crippen molar-refractivity contribution in [2.75, 3.05) is 13.1 Å². The van der Waals surface area contributed by atoms with Gasteiger partial charge in [0.1, 0.15) is 4.90 Å². The molecule has 0 amide bonds. The van der Waals surface area contributed by atoms with Crippen LogP contribution in [0.15, 0.2) is 23.1 Å². The molecule has 19 heavy (non-hydrogen) atoms. The molecule has 1 fully saturated rings. The zero-order chi connectivity index (χ0) is 14.2. The van der Waals surface area contributed by atoms with Gasteiger partial charge in [0.2, 0.25) is 10.0 Å². The lowest BCUT2D eigenvalue weighted by Crippen LogP contribution is -2.42. The zero-order valence-electron chi connectivity index (χ0n) is 10.9. The molecule has 0 N–H and O–H groups in total. The van der Waals surface area contributed by atoms with Gasteiger partial charge in [-0.2, -0.15) is 4.31 Å². The van der Waals surface area contributed by atoms with Gasteiger partial charge in [-0.15, -0.1) is 0 Å². The average molecular weight is 322 g/mol. The molecule has 2 atom stereocenters. The van der Waals surface area contributed by atoms with E-state index in [1.165, 1.54) is 16.4 Å². The molecular weight excluding hydrogens is 305 g/mol. The molecule has 1 aromatic carbocycles. The van der Waals surface area contributed by atoms with E-state index >= 15 is 0 Å². The molecule has 1 saturated heterocycles. The Bertz CT molecular complexity index is 564. The summed E-state index contributed by atoms with van der Waals surface area (Å²) in [6.07, 6.45) is 1.06. The van der Waals surface area contributed by atoms with Crippen LogP contribution >= 0.6 is 23.2 Å². The smallest absolute Gasteiger partial charge is 0.207 e. The first kappa shape index (κ1) is 15.1. The third-order valence-electron chi connectivity index (χ3n) is 3.35. The maximum Gasteiger partial charge on any atom is 0.244 e. The molecule has 1 heterocycles. The van der Waals surface area contributed by atoms with Crippen LogP contribution in [0.3, 0.4) is 0 Å². The molecule has 0 aromatic heterocycles. The Morgan fingerprint density at radius 3 is 2.26 bits per heavy atom. The Morgan fingerprint density at radius 1 is 1.16 bits per heavy atom. The van der Waals surface area contributed by atoms with Crippen molar-refractivity contribution in [2.45, 2.75) is 25.2 Å². The molecule has 0 unspecified atom stereocenters. The van der Waals surface area contributed by atoms with Crippen molar-refractivity contribution < 1.29 is 8.42 Å². The second kappa shape index (κ2) is 5.60. The van der Waals surface area contributed by atoms with E-state index in [1.54, 1.807) is 6.07 Å². The highest BCUT2D eigenvalue weighted by atomic mass is 35.5. The van der Waals surface area contributed by atoms with E-state index in [-0.39, 0.29) is 9.92 Å². The minimum absolute atomic E-state index is 0.139. The predicted molar refractivity (Wildman–Crippen MR) is 78.2 cm³/mol. The van der Waals surface area contributed by atoms with E-state index in [0.29, 0.717) is 29.9 Å². The van der Waals surface area contributed by atoms with E-state index < -0.39 is 10.0 Å². The van der Waals surface area contributed by atoms with Crippen molar-refractivity contribution in [2.24, 2.45) is 11.8 Å². The fourth-order valence-corrected chi connectivity index (χ4v) is 5.05. The summed E-state index contributed by atoms with van der Waals surface area (Å²) in [4.78, 5) is 0.139. The van der Waals surface area contributed by atoms with Crippen LogP contribution < -0.4 is 0 Å². The van der Waals surface area contributed by atoms with E-state index in [2.05, 4.69) is 13.8 Å². The van der Waals surface area contributed by atoms with Crippen LogP contribution in [0.1, 0.15) is 20.3 Å². The summed E-state index contributed by atoms with van der Waals surface area (Å²) < 4.78 is 26.7. The van der Waals surface area contributed by atoms with Crippen molar-refractivity contribution in [1.82, 2.24) is 4.31 Å².